The minimum absolute atomic E-state index is 0. The number of nitrogens with one attached hydrogen (secondary N) is 1. The van der Waals surface area contributed by atoms with Gasteiger partial charge in [0.05, 0.1) is 0 Å². The lowest BCUT2D eigenvalue weighted by Crippen LogP contribution is -2.51. The van der Waals surface area contributed by atoms with Gasteiger partial charge < -0.3 is 15.0 Å². The van der Waals surface area contributed by atoms with E-state index in [9.17, 15) is 4.79 Å². The van der Waals surface area contributed by atoms with Gasteiger partial charge in [0.15, 0.2) is 6.10 Å². The van der Waals surface area contributed by atoms with Crippen molar-refractivity contribution >= 4 is 18.3 Å². The van der Waals surface area contributed by atoms with Gasteiger partial charge in [-0.05, 0) is 43.9 Å². The molecule has 1 aliphatic heterocycles. The number of rotatable bonds is 6. The maximum atomic E-state index is 12.8. The first-order valence-corrected chi connectivity index (χ1v) is 8.78. The maximum absolute atomic E-state index is 12.8. The second kappa shape index (κ2) is 9.90. The first kappa shape index (κ1) is 20.8. The fraction of sp³-hybridized carbons (Fsp3) is 0.632. The Kier molecular flexibility index (Phi) is 8.57. The molecule has 2 unspecified atom stereocenters. The molecule has 0 spiro atoms. The number of para-hydroxylation sites is 1. The number of hydrogen-bond acceptors (Lipinski definition) is 3. The highest BCUT2D eigenvalue weighted by molar-refractivity contribution is 5.85. The second-order valence-corrected chi connectivity index (χ2v) is 6.62. The van der Waals surface area contributed by atoms with Crippen molar-refractivity contribution < 1.29 is 9.53 Å². The minimum atomic E-state index is -0.398. The van der Waals surface area contributed by atoms with Crippen LogP contribution < -0.4 is 10.1 Å². The highest BCUT2D eigenvalue weighted by Gasteiger charge is 2.29. The quantitative estimate of drug-likeness (QED) is 0.848. The number of nitrogens with zero attached hydrogens (tertiary/aromatic N) is 1. The van der Waals surface area contributed by atoms with Crippen LogP contribution in [-0.4, -0.2) is 43.1 Å². The van der Waals surface area contributed by atoms with Crippen molar-refractivity contribution in [3.63, 3.8) is 0 Å². The summed E-state index contributed by atoms with van der Waals surface area (Å²) in [5.41, 5.74) is 1.16. The van der Waals surface area contributed by atoms with Crippen LogP contribution in [0.4, 0.5) is 0 Å². The van der Waals surface area contributed by atoms with Crippen molar-refractivity contribution in [1.82, 2.24) is 10.2 Å². The summed E-state index contributed by atoms with van der Waals surface area (Å²) in [6.45, 7) is 7.92. The number of piperidine rings is 1. The first-order chi connectivity index (χ1) is 11.1. The smallest absolute Gasteiger partial charge is 0.263 e. The van der Waals surface area contributed by atoms with Crippen molar-refractivity contribution in [2.45, 2.75) is 58.1 Å². The number of benzene rings is 1. The molecule has 1 aromatic rings. The summed E-state index contributed by atoms with van der Waals surface area (Å²) in [6.07, 6.45) is 2.47. The molecule has 2 atom stereocenters. The van der Waals surface area contributed by atoms with Crippen LogP contribution in [-0.2, 0) is 4.79 Å². The lowest BCUT2D eigenvalue weighted by Gasteiger charge is -2.34. The number of likely N-dealkylation sites (N-methyl/N-ethyl adjacent to an activating group) is 1. The third kappa shape index (κ3) is 5.12. The number of ether oxygens (including phenoxy) is 1. The maximum Gasteiger partial charge on any atom is 0.263 e. The molecule has 1 fully saturated rings. The van der Waals surface area contributed by atoms with E-state index < -0.39 is 6.10 Å². The van der Waals surface area contributed by atoms with E-state index in [2.05, 4.69) is 25.2 Å². The minimum Gasteiger partial charge on any atom is -0.480 e. The average molecular weight is 355 g/mol. The monoisotopic (exact) mass is 354 g/mol. The lowest BCUT2D eigenvalue weighted by molar-refractivity contribution is -0.140. The van der Waals surface area contributed by atoms with Crippen LogP contribution in [0.1, 0.15) is 51.5 Å². The summed E-state index contributed by atoms with van der Waals surface area (Å²) in [5, 5.41) is 3.28. The second-order valence-electron chi connectivity index (χ2n) is 6.62. The molecule has 1 aromatic carbocycles. The molecule has 2 rings (SSSR count). The van der Waals surface area contributed by atoms with Gasteiger partial charge in [0.1, 0.15) is 5.75 Å². The first-order valence-electron chi connectivity index (χ1n) is 8.78. The van der Waals surface area contributed by atoms with Crippen LogP contribution in [0.3, 0.4) is 0 Å². The summed E-state index contributed by atoms with van der Waals surface area (Å²) in [4.78, 5) is 14.8. The third-order valence-electron chi connectivity index (χ3n) is 4.60. The lowest BCUT2D eigenvalue weighted by atomic mass is 10.0. The van der Waals surface area contributed by atoms with Gasteiger partial charge in [0.2, 0.25) is 0 Å². The fourth-order valence-electron chi connectivity index (χ4n) is 3.14. The zero-order valence-electron chi connectivity index (χ0n) is 15.2. The predicted octanol–water partition coefficient (Wildman–Crippen LogP) is 3.60. The van der Waals surface area contributed by atoms with Crippen LogP contribution >= 0.6 is 12.4 Å². The largest absolute Gasteiger partial charge is 0.480 e. The molecule has 0 aromatic heterocycles. The Bertz CT molecular complexity index is 522. The van der Waals surface area contributed by atoms with E-state index in [4.69, 9.17) is 4.74 Å². The number of hydrogen-bond donors (Lipinski definition) is 1. The van der Waals surface area contributed by atoms with Crippen LogP contribution in [0.15, 0.2) is 24.3 Å². The fourth-order valence-corrected chi connectivity index (χ4v) is 3.14. The van der Waals surface area contributed by atoms with E-state index >= 15 is 0 Å². The van der Waals surface area contributed by atoms with Crippen molar-refractivity contribution in [1.29, 1.82) is 0 Å². The predicted molar refractivity (Wildman–Crippen MR) is 101 cm³/mol. The molecule has 1 N–H and O–H groups in total. The third-order valence-corrected chi connectivity index (χ3v) is 4.60. The molecule has 0 radical (unpaired) electrons. The van der Waals surface area contributed by atoms with Crippen molar-refractivity contribution in [3.05, 3.63) is 29.8 Å². The van der Waals surface area contributed by atoms with Gasteiger partial charge in [0.25, 0.3) is 5.91 Å². The molecule has 136 valence electrons. The van der Waals surface area contributed by atoms with Crippen LogP contribution in [0.5, 0.6) is 5.75 Å². The van der Waals surface area contributed by atoms with Crippen molar-refractivity contribution in [2.75, 3.05) is 20.1 Å². The molecule has 0 saturated carbocycles. The van der Waals surface area contributed by atoms with E-state index in [1.807, 2.05) is 37.1 Å². The Morgan fingerprint density at radius 2 is 2.08 bits per heavy atom. The molecule has 4 nitrogen and oxygen atoms in total. The molecule has 1 heterocycles. The number of halogens is 1. The summed E-state index contributed by atoms with van der Waals surface area (Å²) < 4.78 is 6.13. The van der Waals surface area contributed by atoms with Gasteiger partial charge in [-0.15, -0.1) is 12.4 Å². The Hall–Kier alpha value is -1.26. The summed E-state index contributed by atoms with van der Waals surface area (Å²) >= 11 is 0. The van der Waals surface area contributed by atoms with E-state index in [1.54, 1.807) is 0 Å². The molecule has 24 heavy (non-hydrogen) atoms. The van der Waals surface area contributed by atoms with E-state index in [1.165, 1.54) is 0 Å². The zero-order chi connectivity index (χ0) is 16.8. The number of amides is 1. The molecule has 0 bridgehead atoms. The molecular formula is C19H31ClN2O2. The molecule has 5 heteroatoms. The summed E-state index contributed by atoms with van der Waals surface area (Å²) in [7, 11) is 1.96. The zero-order valence-corrected chi connectivity index (χ0v) is 16.1. The molecule has 1 aliphatic rings. The van der Waals surface area contributed by atoms with Crippen molar-refractivity contribution in [2.24, 2.45) is 0 Å². The van der Waals surface area contributed by atoms with E-state index in [0.717, 1.165) is 37.2 Å². The van der Waals surface area contributed by atoms with Gasteiger partial charge in [0, 0.05) is 19.1 Å². The van der Waals surface area contributed by atoms with Crippen LogP contribution in [0.25, 0.3) is 0 Å². The normalized spacial score (nSPS) is 18.9. The Balaban J connectivity index is 0.00000288. The van der Waals surface area contributed by atoms with Gasteiger partial charge in [-0.25, -0.2) is 0 Å². The van der Waals surface area contributed by atoms with E-state index in [0.29, 0.717) is 18.4 Å². The molecular weight excluding hydrogens is 324 g/mol. The molecule has 0 aliphatic carbocycles. The van der Waals surface area contributed by atoms with Crippen molar-refractivity contribution in [3.8, 4) is 5.75 Å². The highest BCUT2D eigenvalue weighted by atomic mass is 35.5. The molecule has 1 saturated heterocycles. The number of carbonyl (C=O) groups is 1. The standard InChI is InChI=1S/C19H30N2O2.ClH/c1-5-17(19(22)21-12-8-9-15(13-21)20-4)23-18-11-7-6-10-16(18)14(2)3;/h6-7,10-11,14-15,17,20H,5,8-9,12-13H2,1-4H3;1H. The Labute approximate surface area is 152 Å². The topological polar surface area (TPSA) is 41.6 Å². The van der Waals surface area contributed by atoms with Crippen LogP contribution in [0.2, 0.25) is 0 Å². The Morgan fingerprint density at radius 3 is 2.71 bits per heavy atom. The average Bonchev–Trinajstić information content (AvgIpc) is 2.59. The van der Waals surface area contributed by atoms with Gasteiger partial charge in [-0.3, -0.25) is 4.79 Å². The highest BCUT2D eigenvalue weighted by Crippen LogP contribution is 2.27. The number of likely N-dealkylation sites (tertiary alicyclic amines) is 1. The van der Waals surface area contributed by atoms with Gasteiger partial charge in [-0.2, -0.15) is 0 Å². The van der Waals surface area contributed by atoms with E-state index in [-0.39, 0.29) is 18.3 Å². The van der Waals surface area contributed by atoms with Gasteiger partial charge in [-0.1, -0.05) is 39.0 Å². The summed E-state index contributed by atoms with van der Waals surface area (Å²) in [6, 6.07) is 8.43. The SMILES string of the molecule is CCC(Oc1ccccc1C(C)C)C(=O)N1CCCC(NC)C1.Cl. The van der Waals surface area contributed by atoms with Gasteiger partial charge >= 0.3 is 0 Å². The number of carbonyl (C=O) groups excluding carboxylic acids is 1. The Morgan fingerprint density at radius 1 is 1.38 bits per heavy atom. The molecule has 1 amide bonds. The summed E-state index contributed by atoms with van der Waals surface area (Å²) in [5.74, 6) is 1.33. The van der Waals surface area contributed by atoms with Crippen LogP contribution in [0, 0.1) is 0 Å².